The van der Waals surface area contributed by atoms with Crippen molar-refractivity contribution in [3.8, 4) is 5.75 Å². The van der Waals surface area contributed by atoms with Gasteiger partial charge in [-0.05, 0) is 42.0 Å². The lowest BCUT2D eigenvalue weighted by molar-refractivity contribution is 0.240. The second kappa shape index (κ2) is 5.93. The van der Waals surface area contributed by atoms with Crippen molar-refractivity contribution in [1.82, 2.24) is 0 Å². The van der Waals surface area contributed by atoms with Crippen LogP contribution in [0.5, 0.6) is 5.75 Å². The maximum atomic E-state index is 5.80. The molecule has 3 heteroatoms. The van der Waals surface area contributed by atoms with Gasteiger partial charge >= 0.3 is 0 Å². The maximum Gasteiger partial charge on any atom is 0.119 e. The molecule has 1 aliphatic rings. The van der Waals surface area contributed by atoms with Crippen molar-refractivity contribution in [2.75, 3.05) is 11.5 Å². The molecule has 1 aliphatic heterocycles. The van der Waals surface area contributed by atoms with Gasteiger partial charge in [-0.15, -0.1) is 0 Å². The van der Waals surface area contributed by atoms with E-state index in [1.54, 1.807) is 0 Å². The first-order valence-electron chi connectivity index (χ1n) is 6.34. The standard InChI is InChI=1S/C16H15NOS/c1-2-4-14(5-3-1)17-10-13-6-8-15(9-7-13)18-16-11-19-12-16/h1-10,16H,11-12H2. The summed E-state index contributed by atoms with van der Waals surface area (Å²) in [6, 6.07) is 18.0. The molecule has 0 bridgehead atoms. The fourth-order valence-corrected chi connectivity index (χ4v) is 2.33. The van der Waals surface area contributed by atoms with Crippen LogP contribution in [0.3, 0.4) is 0 Å². The Morgan fingerprint density at radius 3 is 2.37 bits per heavy atom. The molecule has 0 N–H and O–H groups in total. The van der Waals surface area contributed by atoms with Gasteiger partial charge in [-0.25, -0.2) is 0 Å². The molecule has 0 aliphatic carbocycles. The Labute approximate surface area is 117 Å². The lowest BCUT2D eigenvalue weighted by Crippen LogP contribution is -2.30. The number of thioether (sulfide) groups is 1. The Morgan fingerprint density at radius 1 is 1.00 bits per heavy atom. The first-order valence-corrected chi connectivity index (χ1v) is 7.49. The summed E-state index contributed by atoms with van der Waals surface area (Å²) in [7, 11) is 0. The first-order chi connectivity index (χ1) is 9.40. The average molecular weight is 269 g/mol. The van der Waals surface area contributed by atoms with Crippen molar-refractivity contribution < 1.29 is 4.74 Å². The van der Waals surface area contributed by atoms with Crippen LogP contribution in [0.15, 0.2) is 59.6 Å². The van der Waals surface area contributed by atoms with Gasteiger partial charge in [0.15, 0.2) is 0 Å². The van der Waals surface area contributed by atoms with Crippen LogP contribution in [0.1, 0.15) is 5.56 Å². The zero-order valence-electron chi connectivity index (χ0n) is 10.5. The van der Waals surface area contributed by atoms with E-state index in [1.807, 2.05) is 72.6 Å². The lowest BCUT2D eigenvalue weighted by Gasteiger charge is -2.25. The summed E-state index contributed by atoms with van der Waals surface area (Å²) >= 11 is 1.93. The normalized spacial score (nSPS) is 15.4. The molecule has 3 rings (SSSR count). The van der Waals surface area contributed by atoms with Crippen LogP contribution in [0, 0.1) is 0 Å². The van der Waals surface area contributed by atoms with Gasteiger partial charge in [-0.3, -0.25) is 4.99 Å². The van der Waals surface area contributed by atoms with E-state index in [0.29, 0.717) is 6.10 Å². The predicted octanol–water partition coefficient (Wildman–Crippen LogP) is 3.93. The second-order valence-electron chi connectivity index (χ2n) is 4.44. The highest BCUT2D eigenvalue weighted by atomic mass is 32.2. The van der Waals surface area contributed by atoms with Crippen LogP contribution in [0.2, 0.25) is 0 Å². The van der Waals surface area contributed by atoms with Gasteiger partial charge in [0, 0.05) is 17.7 Å². The third-order valence-electron chi connectivity index (χ3n) is 2.91. The van der Waals surface area contributed by atoms with Gasteiger partial charge in [0.2, 0.25) is 0 Å². The third kappa shape index (κ3) is 3.38. The Balaban J connectivity index is 1.63. The van der Waals surface area contributed by atoms with Crippen molar-refractivity contribution in [3.05, 3.63) is 60.2 Å². The van der Waals surface area contributed by atoms with Crippen LogP contribution in [0.4, 0.5) is 5.69 Å². The Bertz CT molecular complexity index is 547. The minimum atomic E-state index is 0.397. The molecular formula is C16H15NOS. The van der Waals surface area contributed by atoms with Gasteiger partial charge < -0.3 is 4.74 Å². The van der Waals surface area contributed by atoms with Crippen LogP contribution < -0.4 is 4.74 Å². The summed E-state index contributed by atoms with van der Waals surface area (Å²) in [6.45, 7) is 0. The van der Waals surface area contributed by atoms with E-state index in [9.17, 15) is 0 Å². The summed E-state index contributed by atoms with van der Waals surface area (Å²) in [4.78, 5) is 4.43. The van der Waals surface area contributed by atoms with E-state index in [4.69, 9.17) is 4.74 Å². The lowest BCUT2D eigenvalue weighted by atomic mass is 10.2. The van der Waals surface area contributed by atoms with Crippen molar-refractivity contribution in [3.63, 3.8) is 0 Å². The van der Waals surface area contributed by atoms with Crippen molar-refractivity contribution in [1.29, 1.82) is 0 Å². The Kier molecular flexibility index (Phi) is 3.84. The number of aliphatic imine (C=N–C) groups is 1. The minimum Gasteiger partial charge on any atom is -0.489 e. The molecule has 0 atom stereocenters. The van der Waals surface area contributed by atoms with Gasteiger partial charge in [-0.2, -0.15) is 11.8 Å². The van der Waals surface area contributed by atoms with Gasteiger partial charge in [0.25, 0.3) is 0 Å². The summed E-state index contributed by atoms with van der Waals surface area (Å²) in [6.07, 6.45) is 2.27. The van der Waals surface area contributed by atoms with Crippen LogP contribution >= 0.6 is 11.8 Å². The summed E-state index contributed by atoms with van der Waals surface area (Å²) in [5.41, 5.74) is 2.05. The Hall–Kier alpha value is -1.74. The molecule has 2 aromatic carbocycles. The fourth-order valence-electron chi connectivity index (χ4n) is 1.77. The fraction of sp³-hybridized carbons (Fsp3) is 0.188. The minimum absolute atomic E-state index is 0.397. The van der Waals surface area contributed by atoms with Gasteiger partial charge in [-0.1, -0.05) is 18.2 Å². The molecule has 2 aromatic rings. The number of benzene rings is 2. The van der Waals surface area contributed by atoms with Gasteiger partial charge in [0.1, 0.15) is 11.9 Å². The highest BCUT2D eigenvalue weighted by Gasteiger charge is 2.19. The van der Waals surface area contributed by atoms with E-state index in [0.717, 1.165) is 28.5 Å². The van der Waals surface area contributed by atoms with E-state index in [1.165, 1.54) is 0 Å². The summed E-state index contributed by atoms with van der Waals surface area (Å²) < 4.78 is 5.80. The molecule has 19 heavy (non-hydrogen) atoms. The average Bonchev–Trinajstić information content (AvgIpc) is 2.43. The number of hydrogen-bond donors (Lipinski definition) is 0. The molecule has 0 saturated carbocycles. The van der Waals surface area contributed by atoms with E-state index in [2.05, 4.69) is 4.99 Å². The third-order valence-corrected chi connectivity index (χ3v) is 4.12. The number of hydrogen-bond acceptors (Lipinski definition) is 3. The van der Waals surface area contributed by atoms with Crippen LogP contribution in [-0.4, -0.2) is 23.8 Å². The molecule has 0 amide bonds. The largest absolute Gasteiger partial charge is 0.489 e. The van der Waals surface area contributed by atoms with E-state index in [-0.39, 0.29) is 0 Å². The monoisotopic (exact) mass is 269 g/mol. The van der Waals surface area contributed by atoms with E-state index >= 15 is 0 Å². The molecule has 0 spiro atoms. The van der Waals surface area contributed by atoms with E-state index < -0.39 is 0 Å². The molecule has 1 fully saturated rings. The predicted molar refractivity (Wildman–Crippen MR) is 81.9 cm³/mol. The molecule has 1 saturated heterocycles. The summed E-state index contributed by atoms with van der Waals surface area (Å²) in [5.74, 6) is 3.16. The first kappa shape index (κ1) is 12.3. The highest BCUT2D eigenvalue weighted by Crippen LogP contribution is 2.23. The topological polar surface area (TPSA) is 21.6 Å². The SMILES string of the molecule is C(=Nc1ccccc1)c1ccc(OC2CSC2)cc1. The number of para-hydroxylation sites is 1. The summed E-state index contributed by atoms with van der Waals surface area (Å²) in [5, 5.41) is 0. The zero-order chi connectivity index (χ0) is 12.9. The quantitative estimate of drug-likeness (QED) is 0.784. The maximum absolute atomic E-state index is 5.80. The van der Waals surface area contributed by atoms with Crippen molar-refractivity contribution >= 4 is 23.7 Å². The molecule has 96 valence electrons. The highest BCUT2D eigenvalue weighted by molar-refractivity contribution is 8.00. The number of ether oxygens (including phenoxy) is 1. The molecular weight excluding hydrogens is 254 g/mol. The van der Waals surface area contributed by atoms with Crippen LogP contribution in [-0.2, 0) is 0 Å². The Morgan fingerprint density at radius 2 is 1.74 bits per heavy atom. The number of nitrogens with zero attached hydrogens (tertiary/aromatic N) is 1. The smallest absolute Gasteiger partial charge is 0.119 e. The number of rotatable bonds is 4. The van der Waals surface area contributed by atoms with Crippen molar-refractivity contribution in [2.24, 2.45) is 4.99 Å². The molecule has 2 nitrogen and oxygen atoms in total. The molecule has 0 unspecified atom stereocenters. The second-order valence-corrected chi connectivity index (χ2v) is 5.52. The van der Waals surface area contributed by atoms with Crippen LogP contribution in [0.25, 0.3) is 0 Å². The molecule has 0 aromatic heterocycles. The van der Waals surface area contributed by atoms with Crippen molar-refractivity contribution in [2.45, 2.75) is 6.10 Å². The van der Waals surface area contributed by atoms with Gasteiger partial charge in [0.05, 0.1) is 5.69 Å². The molecule has 1 heterocycles. The molecule has 0 radical (unpaired) electrons. The zero-order valence-corrected chi connectivity index (χ0v) is 11.3.